The molecule has 0 unspecified atom stereocenters. The monoisotopic (exact) mass is 397 g/mol. The molecule has 0 spiro atoms. The van der Waals surface area contributed by atoms with E-state index in [4.69, 9.17) is 14.2 Å². The molecule has 0 aliphatic carbocycles. The Labute approximate surface area is 167 Å². The summed E-state index contributed by atoms with van der Waals surface area (Å²) in [5.74, 6) is -0.0896. The second-order valence-corrected chi connectivity index (χ2v) is 7.70. The molecule has 9 heteroatoms. The summed E-state index contributed by atoms with van der Waals surface area (Å²) in [6.07, 6.45) is 1.48. The standard InChI is InChI=1S/C20H23N5O4/c1-20(2)28-15-13(9-26)27-19(16(15)29-20)25-11-24-14-17(22-10-23-18(14)25)21-8-12-6-4-3-5-7-12/h3-7,10-11,13,15-16,19,26H,8-9H2,1-2H3,(H,21,22,23)/t13-,15-,16-,19-/m0/s1. The quantitative estimate of drug-likeness (QED) is 0.672. The van der Waals surface area contributed by atoms with Gasteiger partial charge in [-0.05, 0) is 19.4 Å². The van der Waals surface area contributed by atoms with E-state index in [0.717, 1.165) is 5.56 Å². The number of aliphatic hydroxyl groups is 1. The lowest BCUT2D eigenvalue weighted by Crippen LogP contribution is -2.31. The Hall–Kier alpha value is -2.59. The van der Waals surface area contributed by atoms with Gasteiger partial charge in [0.25, 0.3) is 0 Å². The van der Waals surface area contributed by atoms with E-state index in [1.54, 1.807) is 6.33 Å². The highest BCUT2D eigenvalue weighted by Gasteiger charge is 2.55. The molecule has 2 aliphatic heterocycles. The van der Waals surface area contributed by atoms with Crippen LogP contribution in [0.3, 0.4) is 0 Å². The molecule has 152 valence electrons. The van der Waals surface area contributed by atoms with Crippen molar-refractivity contribution in [2.24, 2.45) is 0 Å². The topological polar surface area (TPSA) is 104 Å². The lowest BCUT2D eigenvalue weighted by Gasteiger charge is -2.24. The Bertz CT molecular complexity index is 1010. The number of hydrogen-bond donors (Lipinski definition) is 2. The molecule has 2 aliphatic rings. The Balaban J connectivity index is 1.44. The molecule has 0 bridgehead atoms. The zero-order valence-corrected chi connectivity index (χ0v) is 16.2. The zero-order chi connectivity index (χ0) is 20.0. The van der Waals surface area contributed by atoms with Crippen LogP contribution in [0.2, 0.25) is 0 Å². The van der Waals surface area contributed by atoms with E-state index in [1.807, 2.05) is 48.7 Å². The second kappa shape index (κ2) is 7.03. The zero-order valence-electron chi connectivity index (χ0n) is 16.2. The Morgan fingerprint density at radius 2 is 1.90 bits per heavy atom. The first kappa shape index (κ1) is 18.4. The number of imidazole rings is 1. The van der Waals surface area contributed by atoms with Gasteiger partial charge in [-0.15, -0.1) is 0 Å². The highest BCUT2D eigenvalue weighted by Crippen LogP contribution is 2.43. The average molecular weight is 397 g/mol. The molecule has 2 aromatic heterocycles. The molecule has 0 amide bonds. The predicted octanol–water partition coefficient (Wildman–Crippen LogP) is 1.85. The minimum absolute atomic E-state index is 0.150. The van der Waals surface area contributed by atoms with Crippen LogP contribution in [0.15, 0.2) is 43.0 Å². The van der Waals surface area contributed by atoms with Gasteiger partial charge < -0.3 is 24.6 Å². The number of aromatic nitrogens is 4. The number of hydrogen-bond acceptors (Lipinski definition) is 8. The molecule has 1 aromatic carbocycles. The Morgan fingerprint density at radius 1 is 1.10 bits per heavy atom. The van der Waals surface area contributed by atoms with E-state index in [-0.39, 0.29) is 18.8 Å². The van der Waals surface area contributed by atoms with Crippen LogP contribution in [0.1, 0.15) is 25.6 Å². The highest BCUT2D eigenvalue weighted by atomic mass is 16.8. The van der Waals surface area contributed by atoms with Gasteiger partial charge in [-0.3, -0.25) is 4.57 Å². The van der Waals surface area contributed by atoms with Gasteiger partial charge in [-0.2, -0.15) is 0 Å². The molecule has 5 rings (SSSR count). The maximum Gasteiger partial charge on any atom is 0.167 e. The van der Waals surface area contributed by atoms with Gasteiger partial charge in [-0.1, -0.05) is 30.3 Å². The number of nitrogens with one attached hydrogen (secondary N) is 1. The first-order chi connectivity index (χ1) is 14.1. The molecule has 4 atom stereocenters. The largest absolute Gasteiger partial charge is 0.394 e. The summed E-state index contributed by atoms with van der Waals surface area (Å²) in [5.41, 5.74) is 2.42. The number of fused-ring (bicyclic) bond motifs is 2. The van der Waals surface area contributed by atoms with Crippen molar-refractivity contribution in [2.45, 2.75) is 50.7 Å². The van der Waals surface area contributed by atoms with Crippen LogP contribution < -0.4 is 5.32 Å². The van der Waals surface area contributed by atoms with Crippen LogP contribution >= 0.6 is 0 Å². The van der Waals surface area contributed by atoms with Gasteiger partial charge in [0.05, 0.1) is 12.9 Å². The molecule has 0 saturated carbocycles. The van der Waals surface area contributed by atoms with Crippen LogP contribution in [0.25, 0.3) is 11.2 Å². The van der Waals surface area contributed by atoms with Gasteiger partial charge in [0.15, 0.2) is 29.0 Å². The van der Waals surface area contributed by atoms with Gasteiger partial charge in [0.2, 0.25) is 0 Å². The van der Waals surface area contributed by atoms with Gasteiger partial charge in [-0.25, -0.2) is 15.0 Å². The summed E-state index contributed by atoms with van der Waals surface area (Å²) >= 11 is 0. The Kier molecular flexibility index (Phi) is 4.47. The first-order valence-electron chi connectivity index (χ1n) is 9.63. The maximum absolute atomic E-state index is 9.71. The minimum atomic E-state index is -0.738. The molecule has 0 radical (unpaired) electrons. The molecule has 2 saturated heterocycles. The third-order valence-electron chi connectivity index (χ3n) is 5.24. The number of rotatable bonds is 5. The van der Waals surface area contributed by atoms with E-state index in [9.17, 15) is 5.11 Å². The van der Waals surface area contributed by atoms with Crippen molar-refractivity contribution in [3.8, 4) is 0 Å². The van der Waals surface area contributed by atoms with Crippen LogP contribution in [-0.2, 0) is 20.8 Å². The van der Waals surface area contributed by atoms with Crippen LogP contribution in [0.4, 0.5) is 5.82 Å². The molecular formula is C20H23N5O4. The molecule has 9 nitrogen and oxygen atoms in total. The van der Waals surface area contributed by atoms with Crippen molar-refractivity contribution in [1.29, 1.82) is 0 Å². The fourth-order valence-corrected chi connectivity index (χ4v) is 3.98. The van der Waals surface area contributed by atoms with E-state index in [0.29, 0.717) is 23.5 Å². The van der Waals surface area contributed by atoms with Crippen molar-refractivity contribution >= 4 is 17.0 Å². The molecule has 29 heavy (non-hydrogen) atoms. The fraction of sp³-hybridized carbons (Fsp3) is 0.450. The summed E-state index contributed by atoms with van der Waals surface area (Å²) in [6.45, 7) is 4.19. The van der Waals surface area contributed by atoms with Crippen molar-refractivity contribution in [1.82, 2.24) is 19.5 Å². The van der Waals surface area contributed by atoms with Crippen molar-refractivity contribution in [2.75, 3.05) is 11.9 Å². The second-order valence-electron chi connectivity index (χ2n) is 7.70. The molecular weight excluding hydrogens is 374 g/mol. The number of anilines is 1. The molecule has 2 N–H and O–H groups in total. The van der Waals surface area contributed by atoms with Gasteiger partial charge in [0.1, 0.15) is 24.6 Å². The number of ether oxygens (including phenoxy) is 3. The lowest BCUT2D eigenvalue weighted by molar-refractivity contribution is -0.199. The van der Waals surface area contributed by atoms with Crippen molar-refractivity contribution in [3.05, 3.63) is 48.5 Å². The molecule has 2 fully saturated rings. The summed E-state index contributed by atoms with van der Waals surface area (Å²) in [7, 11) is 0. The summed E-state index contributed by atoms with van der Waals surface area (Å²) in [4.78, 5) is 13.3. The van der Waals surface area contributed by atoms with E-state index < -0.39 is 18.1 Å². The molecule has 3 aromatic rings. The van der Waals surface area contributed by atoms with Gasteiger partial charge >= 0.3 is 0 Å². The Morgan fingerprint density at radius 3 is 2.69 bits per heavy atom. The smallest absolute Gasteiger partial charge is 0.167 e. The minimum Gasteiger partial charge on any atom is -0.394 e. The van der Waals surface area contributed by atoms with E-state index >= 15 is 0 Å². The van der Waals surface area contributed by atoms with Crippen LogP contribution in [0.5, 0.6) is 0 Å². The van der Waals surface area contributed by atoms with Crippen LogP contribution in [-0.4, -0.2) is 55.3 Å². The summed E-state index contributed by atoms with van der Waals surface area (Å²) in [6, 6.07) is 10.1. The van der Waals surface area contributed by atoms with Crippen LogP contribution in [0, 0.1) is 0 Å². The lowest BCUT2D eigenvalue weighted by atomic mass is 10.1. The van der Waals surface area contributed by atoms with Crippen molar-refractivity contribution < 1.29 is 19.3 Å². The predicted molar refractivity (Wildman–Crippen MR) is 104 cm³/mol. The highest BCUT2D eigenvalue weighted by molar-refractivity contribution is 5.82. The summed E-state index contributed by atoms with van der Waals surface area (Å²) in [5, 5.41) is 13.0. The number of benzene rings is 1. The van der Waals surface area contributed by atoms with E-state index in [2.05, 4.69) is 20.3 Å². The number of aliphatic hydroxyl groups excluding tert-OH is 1. The third-order valence-corrected chi connectivity index (χ3v) is 5.24. The maximum atomic E-state index is 9.71. The van der Waals surface area contributed by atoms with Crippen molar-refractivity contribution in [3.63, 3.8) is 0 Å². The van der Waals surface area contributed by atoms with Gasteiger partial charge in [0, 0.05) is 6.54 Å². The third kappa shape index (κ3) is 3.25. The first-order valence-corrected chi connectivity index (χ1v) is 9.63. The number of nitrogens with zero attached hydrogens (tertiary/aromatic N) is 4. The molecule has 4 heterocycles. The van der Waals surface area contributed by atoms with E-state index in [1.165, 1.54) is 6.33 Å². The fourth-order valence-electron chi connectivity index (χ4n) is 3.98. The average Bonchev–Trinajstić information content (AvgIpc) is 3.37. The summed E-state index contributed by atoms with van der Waals surface area (Å²) < 4.78 is 19.9. The SMILES string of the molecule is CC1(C)O[C@@H]2[C@H](O1)[C@@H](n1cnc3c(NCc4ccccc4)ncnc31)O[C@H]2CO. The normalized spacial score (nSPS) is 28.0.